The van der Waals surface area contributed by atoms with Gasteiger partial charge >= 0.3 is 5.97 Å². The first-order chi connectivity index (χ1) is 10.5. The average Bonchev–Trinajstić information content (AvgIpc) is 3.07. The van der Waals surface area contributed by atoms with E-state index < -0.39 is 0 Å². The minimum atomic E-state index is -0.326. The lowest BCUT2D eigenvalue weighted by molar-refractivity contribution is -0.144. The Balaban J connectivity index is 1.69. The Kier molecular flexibility index (Phi) is 4.64. The number of likely N-dealkylation sites (tertiary alicyclic amines) is 1. The maximum Gasteiger partial charge on any atom is 0.307 e. The van der Waals surface area contributed by atoms with Gasteiger partial charge in [0.05, 0.1) is 29.7 Å². The van der Waals surface area contributed by atoms with E-state index in [1.165, 1.54) is 0 Å². The van der Waals surface area contributed by atoms with Crippen LogP contribution in [0.1, 0.15) is 25.3 Å². The van der Waals surface area contributed by atoms with Crippen LogP contribution in [-0.2, 0) is 19.9 Å². The normalized spacial score (nSPS) is 27.3. The number of fused-ring (bicyclic) bond motifs is 2. The van der Waals surface area contributed by atoms with Gasteiger partial charge in [0.2, 0.25) is 0 Å². The summed E-state index contributed by atoms with van der Waals surface area (Å²) in [6.07, 6.45) is 1.34. The third-order valence-electron chi connectivity index (χ3n) is 4.45. The summed E-state index contributed by atoms with van der Waals surface area (Å²) >= 11 is 12.1. The van der Waals surface area contributed by atoms with Crippen LogP contribution in [0, 0.1) is 0 Å². The van der Waals surface area contributed by atoms with Crippen molar-refractivity contribution in [3.63, 3.8) is 0 Å². The van der Waals surface area contributed by atoms with Crippen LogP contribution >= 0.6 is 23.2 Å². The van der Waals surface area contributed by atoms with Crippen LogP contribution < -0.4 is 0 Å². The number of rotatable bonds is 5. The van der Waals surface area contributed by atoms with E-state index in [4.69, 9.17) is 32.7 Å². The summed E-state index contributed by atoms with van der Waals surface area (Å²) in [4.78, 5) is 13.8. The lowest BCUT2D eigenvalue weighted by atomic mass is 9.93. The summed E-state index contributed by atoms with van der Waals surface area (Å²) in [6, 6.07) is 6.03. The summed E-state index contributed by atoms with van der Waals surface area (Å²) in [5.74, 6) is -0.144. The first kappa shape index (κ1) is 16.1. The van der Waals surface area contributed by atoms with E-state index >= 15 is 0 Å². The molecule has 2 aliphatic rings. The topological polar surface area (TPSA) is 38.8 Å². The molecule has 120 valence electrons. The smallest absolute Gasteiger partial charge is 0.307 e. The second-order valence-electron chi connectivity index (χ2n) is 5.82. The molecule has 2 atom stereocenters. The predicted molar refractivity (Wildman–Crippen MR) is 85.3 cm³/mol. The third kappa shape index (κ3) is 2.98. The monoisotopic (exact) mass is 343 g/mol. The Labute approximate surface area is 140 Å². The highest BCUT2D eigenvalue weighted by molar-refractivity contribution is 6.42. The number of carbonyl (C=O) groups excluding carboxylic acids is 1. The van der Waals surface area contributed by atoms with Crippen LogP contribution in [0.25, 0.3) is 0 Å². The number of carbonyl (C=O) groups is 1. The Hall–Kier alpha value is -0.810. The number of morpholine rings is 1. The molecule has 0 aliphatic carbocycles. The van der Waals surface area contributed by atoms with Gasteiger partial charge in [-0.2, -0.15) is 0 Å². The predicted octanol–water partition coefficient (Wildman–Crippen LogP) is 3.25. The van der Waals surface area contributed by atoms with E-state index in [0.717, 1.165) is 18.5 Å². The molecule has 4 nitrogen and oxygen atoms in total. The zero-order valence-corrected chi connectivity index (χ0v) is 14.0. The van der Waals surface area contributed by atoms with Gasteiger partial charge in [-0.25, -0.2) is 0 Å². The molecule has 2 bridgehead atoms. The highest BCUT2D eigenvalue weighted by atomic mass is 35.5. The maximum absolute atomic E-state index is 11.5. The molecule has 2 fully saturated rings. The summed E-state index contributed by atoms with van der Waals surface area (Å²) in [7, 11) is 0. The molecule has 2 heterocycles. The van der Waals surface area contributed by atoms with E-state index in [0.29, 0.717) is 42.3 Å². The van der Waals surface area contributed by atoms with Gasteiger partial charge in [0.1, 0.15) is 5.60 Å². The van der Waals surface area contributed by atoms with Crippen LogP contribution in [-0.4, -0.2) is 43.2 Å². The number of ether oxygens (including phenoxy) is 2. The minimum absolute atomic E-state index is 0.144. The molecule has 0 spiro atoms. The Morgan fingerprint density at radius 2 is 2.27 bits per heavy atom. The van der Waals surface area contributed by atoms with Crippen molar-refractivity contribution in [2.45, 2.75) is 31.4 Å². The van der Waals surface area contributed by atoms with Gasteiger partial charge in [0.25, 0.3) is 0 Å². The fraction of sp³-hybridized carbons (Fsp3) is 0.562. The van der Waals surface area contributed by atoms with Crippen molar-refractivity contribution in [3.05, 3.63) is 33.8 Å². The van der Waals surface area contributed by atoms with Crippen LogP contribution in [0.4, 0.5) is 0 Å². The molecular weight excluding hydrogens is 325 g/mol. The van der Waals surface area contributed by atoms with Crippen molar-refractivity contribution < 1.29 is 14.3 Å². The van der Waals surface area contributed by atoms with E-state index in [-0.39, 0.29) is 11.6 Å². The number of hydrogen-bond donors (Lipinski definition) is 0. The van der Waals surface area contributed by atoms with Gasteiger partial charge in [-0.1, -0.05) is 29.3 Å². The van der Waals surface area contributed by atoms with Crippen molar-refractivity contribution >= 4 is 29.2 Å². The number of esters is 1. The minimum Gasteiger partial charge on any atom is -0.466 e. The van der Waals surface area contributed by atoms with Gasteiger partial charge < -0.3 is 9.47 Å². The standard InChI is InChI=1S/C16H19Cl2NO3/c1-2-21-15(20)5-6-19-10-16(8-12(19)9-22-16)11-3-4-13(17)14(18)7-11/h3-4,7,12H,2,5-6,8-10H2,1H3. The zero-order chi connectivity index (χ0) is 15.7. The Bertz CT molecular complexity index is 581. The van der Waals surface area contributed by atoms with E-state index in [9.17, 15) is 4.79 Å². The van der Waals surface area contributed by atoms with Gasteiger partial charge in [-0.3, -0.25) is 9.69 Å². The first-order valence-corrected chi connectivity index (χ1v) is 8.29. The van der Waals surface area contributed by atoms with E-state index in [1.807, 2.05) is 25.1 Å². The molecule has 3 rings (SSSR count). The SMILES string of the molecule is CCOC(=O)CCN1CC2(c3ccc(Cl)c(Cl)c3)CC1CO2. The molecule has 0 aromatic heterocycles. The molecule has 0 N–H and O–H groups in total. The van der Waals surface area contributed by atoms with Gasteiger partial charge in [0.15, 0.2) is 0 Å². The van der Waals surface area contributed by atoms with E-state index in [1.54, 1.807) is 0 Å². The summed E-state index contributed by atoms with van der Waals surface area (Å²) in [5, 5.41) is 1.10. The number of halogens is 2. The van der Waals surface area contributed by atoms with Gasteiger partial charge in [-0.15, -0.1) is 0 Å². The Morgan fingerprint density at radius 1 is 1.45 bits per heavy atom. The van der Waals surface area contributed by atoms with Crippen LogP contribution in [0.2, 0.25) is 10.0 Å². The van der Waals surface area contributed by atoms with Crippen molar-refractivity contribution in [1.29, 1.82) is 0 Å². The van der Waals surface area contributed by atoms with Crippen molar-refractivity contribution in [2.75, 3.05) is 26.3 Å². The Morgan fingerprint density at radius 3 is 3.00 bits per heavy atom. The quantitative estimate of drug-likeness (QED) is 0.769. The largest absolute Gasteiger partial charge is 0.466 e. The number of hydrogen-bond acceptors (Lipinski definition) is 4. The third-order valence-corrected chi connectivity index (χ3v) is 5.19. The van der Waals surface area contributed by atoms with Crippen LogP contribution in [0.5, 0.6) is 0 Å². The number of benzene rings is 1. The molecule has 6 heteroatoms. The molecule has 0 amide bonds. The molecule has 1 aromatic rings. The summed E-state index contributed by atoms with van der Waals surface area (Å²) < 4.78 is 11.0. The molecule has 0 saturated carbocycles. The van der Waals surface area contributed by atoms with Gasteiger partial charge in [0, 0.05) is 19.1 Å². The molecule has 2 aliphatic heterocycles. The van der Waals surface area contributed by atoms with Crippen LogP contribution in [0.3, 0.4) is 0 Å². The summed E-state index contributed by atoms with van der Waals surface area (Å²) in [5.41, 5.74) is 0.733. The lowest BCUT2D eigenvalue weighted by Crippen LogP contribution is -2.42. The second kappa shape index (κ2) is 6.36. The zero-order valence-electron chi connectivity index (χ0n) is 12.5. The molecule has 2 saturated heterocycles. The fourth-order valence-corrected chi connectivity index (χ4v) is 3.66. The van der Waals surface area contributed by atoms with Gasteiger partial charge in [-0.05, 0) is 31.0 Å². The highest BCUT2D eigenvalue weighted by Gasteiger charge is 2.51. The maximum atomic E-state index is 11.5. The molecular formula is C16H19Cl2NO3. The lowest BCUT2D eigenvalue weighted by Gasteiger charge is -2.33. The van der Waals surface area contributed by atoms with E-state index in [2.05, 4.69) is 4.90 Å². The first-order valence-electron chi connectivity index (χ1n) is 7.53. The number of nitrogens with zero attached hydrogens (tertiary/aromatic N) is 1. The molecule has 2 unspecified atom stereocenters. The van der Waals surface area contributed by atoms with Crippen molar-refractivity contribution in [2.24, 2.45) is 0 Å². The summed E-state index contributed by atoms with van der Waals surface area (Å²) in [6.45, 7) is 4.41. The van der Waals surface area contributed by atoms with Crippen molar-refractivity contribution in [1.82, 2.24) is 4.90 Å². The van der Waals surface area contributed by atoms with Crippen molar-refractivity contribution in [3.8, 4) is 0 Å². The fourth-order valence-electron chi connectivity index (χ4n) is 3.36. The molecule has 22 heavy (non-hydrogen) atoms. The average molecular weight is 344 g/mol. The van der Waals surface area contributed by atoms with Crippen LogP contribution in [0.15, 0.2) is 18.2 Å². The second-order valence-corrected chi connectivity index (χ2v) is 6.63. The molecule has 0 radical (unpaired) electrons. The molecule has 1 aromatic carbocycles. The highest BCUT2D eigenvalue weighted by Crippen LogP contribution is 2.46.